The zero-order chi connectivity index (χ0) is 10.1. The van der Waals surface area contributed by atoms with Gasteiger partial charge >= 0.3 is 0 Å². The van der Waals surface area contributed by atoms with Crippen LogP contribution >= 0.6 is 0 Å². The highest BCUT2D eigenvalue weighted by Gasteiger charge is 2.45. The van der Waals surface area contributed by atoms with E-state index in [1.807, 2.05) is 6.92 Å². The Balaban J connectivity index is 2.69. The van der Waals surface area contributed by atoms with Gasteiger partial charge in [-0.1, -0.05) is 13.8 Å². The quantitative estimate of drug-likeness (QED) is 0.654. The molecule has 1 saturated heterocycles. The van der Waals surface area contributed by atoms with E-state index in [1.54, 1.807) is 6.92 Å². The van der Waals surface area contributed by atoms with Crippen molar-refractivity contribution in [3.63, 3.8) is 0 Å². The van der Waals surface area contributed by atoms with E-state index in [0.29, 0.717) is 12.8 Å². The van der Waals surface area contributed by atoms with Crippen molar-refractivity contribution in [2.24, 2.45) is 0 Å². The third-order valence-corrected chi connectivity index (χ3v) is 2.47. The standard InChI is InChI=1S/C9H15F2NO/c1-3-7-5-9(10,11)6-12(7)8(13)4-2/h7H,3-6H2,1-2H3/t7-/m0/s1. The van der Waals surface area contributed by atoms with Crippen LogP contribution in [-0.4, -0.2) is 29.3 Å². The number of nitrogens with zero attached hydrogens (tertiary/aromatic N) is 1. The van der Waals surface area contributed by atoms with Crippen LogP contribution in [0.4, 0.5) is 8.78 Å². The Morgan fingerprint density at radius 3 is 2.62 bits per heavy atom. The topological polar surface area (TPSA) is 20.3 Å². The van der Waals surface area contributed by atoms with Crippen LogP contribution in [-0.2, 0) is 4.79 Å². The molecule has 1 fully saturated rings. The van der Waals surface area contributed by atoms with Crippen LogP contribution in [0, 0.1) is 0 Å². The highest BCUT2D eigenvalue weighted by molar-refractivity contribution is 5.76. The van der Waals surface area contributed by atoms with E-state index in [2.05, 4.69) is 0 Å². The molecule has 0 aromatic heterocycles. The second-order valence-electron chi connectivity index (χ2n) is 3.50. The monoisotopic (exact) mass is 191 g/mol. The summed E-state index contributed by atoms with van der Waals surface area (Å²) < 4.78 is 25.9. The second kappa shape index (κ2) is 3.60. The van der Waals surface area contributed by atoms with Crippen molar-refractivity contribution in [2.75, 3.05) is 6.54 Å². The van der Waals surface area contributed by atoms with Gasteiger partial charge in [0.15, 0.2) is 0 Å². The van der Waals surface area contributed by atoms with Crippen molar-refractivity contribution in [1.82, 2.24) is 4.90 Å². The first-order valence-corrected chi connectivity index (χ1v) is 4.67. The molecule has 0 N–H and O–H groups in total. The van der Waals surface area contributed by atoms with Crippen LogP contribution in [0.2, 0.25) is 0 Å². The van der Waals surface area contributed by atoms with Crippen molar-refractivity contribution in [1.29, 1.82) is 0 Å². The summed E-state index contributed by atoms with van der Waals surface area (Å²) in [5.41, 5.74) is 0. The minimum atomic E-state index is -2.68. The molecule has 1 aliphatic rings. The van der Waals surface area contributed by atoms with E-state index in [9.17, 15) is 13.6 Å². The summed E-state index contributed by atoms with van der Waals surface area (Å²) in [4.78, 5) is 12.6. The van der Waals surface area contributed by atoms with E-state index < -0.39 is 12.5 Å². The van der Waals surface area contributed by atoms with Crippen molar-refractivity contribution < 1.29 is 13.6 Å². The molecule has 13 heavy (non-hydrogen) atoms. The Bertz CT molecular complexity index is 206. The zero-order valence-corrected chi connectivity index (χ0v) is 8.02. The lowest BCUT2D eigenvalue weighted by atomic mass is 10.1. The van der Waals surface area contributed by atoms with E-state index >= 15 is 0 Å². The molecule has 2 nitrogen and oxygen atoms in total. The number of hydrogen-bond acceptors (Lipinski definition) is 1. The summed E-state index contributed by atoms with van der Waals surface area (Å²) in [5, 5.41) is 0. The van der Waals surface area contributed by atoms with Crippen molar-refractivity contribution >= 4 is 5.91 Å². The molecule has 0 radical (unpaired) electrons. The van der Waals surface area contributed by atoms with Gasteiger partial charge in [-0.15, -0.1) is 0 Å². The third kappa shape index (κ3) is 2.17. The molecule has 0 unspecified atom stereocenters. The van der Waals surface area contributed by atoms with Crippen molar-refractivity contribution in [3.8, 4) is 0 Å². The van der Waals surface area contributed by atoms with Crippen LogP contribution in [0.5, 0.6) is 0 Å². The van der Waals surface area contributed by atoms with E-state index in [0.717, 1.165) is 0 Å². The number of rotatable bonds is 2. The Morgan fingerprint density at radius 2 is 2.15 bits per heavy atom. The van der Waals surface area contributed by atoms with Crippen LogP contribution < -0.4 is 0 Å². The van der Waals surface area contributed by atoms with E-state index in [1.165, 1.54) is 4.90 Å². The van der Waals surface area contributed by atoms with Crippen LogP contribution in [0.3, 0.4) is 0 Å². The normalized spacial score (nSPS) is 26.5. The number of carbonyl (C=O) groups is 1. The maximum absolute atomic E-state index is 12.9. The van der Waals surface area contributed by atoms with E-state index in [4.69, 9.17) is 0 Å². The molecule has 0 aliphatic carbocycles. The highest BCUT2D eigenvalue weighted by Crippen LogP contribution is 2.33. The number of amides is 1. The SMILES string of the molecule is CCC(=O)N1CC(F)(F)C[C@@H]1CC. The first-order valence-electron chi connectivity index (χ1n) is 4.67. The molecule has 1 amide bonds. The third-order valence-electron chi connectivity index (χ3n) is 2.47. The molecule has 1 aliphatic heterocycles. The molecule has 0 aromatic rings. The first kappa shape index (κ1) is 10.4. The molecule has 1 rings (SSSR count). The van der Waals surface area contributed by atoms with Gasteiger partial charge in [0.25, 0.3) is 5.92 Å². The van der Waals surface area contributed by atoms with Gasteiger partial charge < -0.3 is 4.90 Å². The Labute approximate surface area is 76.9 Å². The molecule has 4 heteroatoms. The average molecular weight is 191 g/mol. The van der Waals surface area contributed by atoms with Crippen LogP contribution in [0.1, 0.15) is 33.1 Å². The summed E-state index contributed by atoms with van der Waals surface area (Å²) in [6, 6.07) is -0.262. The van der Waals surface area contributed by atoms with Crippen LogP contribution in [0.15, 0.2) is 0 Å². The van der Waals surface area contributed by atoms with E-state index in [-0.39, 0.29) is 18.4 Å². The molecule has 0 bridgehead atoms. The fourth-order valence-corrected chi connectivity index (χ4v) is 1.76. The lowest BCUT2D eigenvalue weighted by Crippen LogP contribution is -2.35. The maximum atomic E-state index is 12.9. The van der Waals surface area contributed by atoms with Gasteiger partial charge in [-0.3, -0.25) is 4.79 Å². The number of alkyl halides is 2. The zero-order valence-electron chi connectivity index (χ0n) is 8.02. The Hall–Kier alpha value is -0.670. The first-order chi connectivity index (χ1) is 6.00. The maximum Gasteiger partial charge on any atom is 0.267 e. The number of likely N-dealkylation sites (tertiary alicyclic amines) is 1. The summed E-state index contributed by atoms with van der Waals surface area (Å²) in [6.45, 7) is 3.14. The van der Waals surface area contributed by atoms with Crippen molar-refractivity contribution in [3.05, 3.63) is 0 Å². The Morgan fingerprint density at radius 1 is 1.54 bits per heavy atom. The molecule has 76 valence electrons. The summed E-state index contributed by atoms with van der Waals surface area (Å²) >= 11 is 0. The molecular weight excluding hydrogens is 176 g/mol. The van der Waals surface area contributed by atoms with Gasteiger partial charge in [0, 0.05) is 18.9 Å². The van der Waals surface area contributed by atoms with Gasteiger partial charge in [-0.2, -0.15) is 0 Å². The highest BCUT2D eigenvalue weighted by atomic mass is 19.3. The van der Waals surface area contributed by atoms with Crippen molar-refractivity contribution in [2.45, 2.75) is 45.1 Å². The van der Waals surface area contributed by atoms with Gasteiger partial charge in [-0.05, 0) is 6.42 Å². The minimum Gasteiger partial charge on any atom is -0.333 e. The lowest BCUT2D eigenvalue weighted by molar-refractivity contribution is -0.132. The second-order valence-corrected chi connectivity index (χ2v) is 3.50. The summed E-state index contributed by atoms with van der Waals surface area (Å²) in [6.07, 6.45) is 0.753. The lowest BCUT2D eigenvalue weighted by Gasteiger charge is -2.21. The number of halogens is 2. The van der Waals surface area contributed by atoms with Gasteiger partial charge in [0.05, 0.1) is 6.54 Å². The fraction of sp³-hybridized carbons (Fsp3) is 0.889. The smallest absolute Gasteiger partial charge is 0.267 e. The predicted molar refractivity (Wildman–Crippen MR) is 45.6 cm³/mol. The molecule has 0 aromatic carbocycles. The number of hydrogen-bond donors (Lipinski definition) is 0. The van der Waals surface area contributed by atoms with Gasteiger partial charge in [0.2, 0.25) is 5.91 Å². The van der Waals surface area contributed by atoms with Crippen LogP contribution in [0.25, 0.3) is 0 Å². The molecular formula is C9H15F2NO. The van der Waals surface area contributed by atoms with Gasteiger partial charge in [0.1, 0.15) is 0 Å². The summed E-state index contributed by atoms with van der Waals surface area (Å²) in [7, 11) is 0. The minimum absolute atomic E-state index is 0.163. The van der Waals surface area contributed by atoms with Gasteiger partial charge in [-0.25, -0.2) is 8.78 Å². The molecule has 1 atom stereocenters. The molecule has 0 spiro atoms. The number of carbonyl (C=O) groups excluding carboxylic acids is 1. The average Bonchev–Trinajstić information content (AvgIpc) is 2.39. The fourth-order valence-electron chi connectivity index (χ4n) is 1.76. The summed E-state index contributed by atoms with van der Waals surface area (Å²) in [5.74, 6) is -2.84. The largest absolute Gasteiger partial charge is 0.333 e. The predicted octanol–water partition coefficient (Wildman–Crippen LogP) is 2.04. The molecule has 0 saturated carbocycles. The Kier molecular flexibility index (Phi) is 2.88. The molecule has 1 heterocycles.